The van der Waals surface area contributed by atoms with Crippen molar-refractivity contribution in [2.45, 2.75) is 24.7 Å². The second-order valence-corrected chi connectivity index (χ2v) is 8.17. The Morgan fingerprint density at radius 2 is 1.74 bits per heavy atom. The molecule has 27 heavy (non-hydrogen) atoms. The monoisotopic (exact) mass is 385 g/mol. The fourth-order valence-corrected chi connectivity index (χ4v) is 3.77. The molecule has 3 rings (SSSR count). The van der Waals surface area contributed by atoms with E-state index in [9.17, 15) is 13.2 Å². The summed E-state index contributed by atoms with van der Waals surface area (Å²) in [5.74, 6) is -0.183. The van der Waals surface area contributed by atoms with Gasteiger partial charge in [-0.2, -0.15) is 0 Å². The predicted octanol–water partition coefficient (Wildman–Crippen LogP) is 3.24. The molecule has 8 heteroatoms. The summed E-state index contributed by atoms with van der Waals surface area (Å²) in [6, 6.07) is 15.7. The molecule has 0 saturated carbocycles. The molecular weight excluding hydrogens is 366 g/mol. The van der Waals surface area contributed by atoms with Gasteiger partial charge in [-0.1, -0.05) is 41.0 Å². The molecule has 0 aliphatic heterocycles. The number of aromatic nitrogens is 2. The molecule has 0 spiro atoms. The smallest absolute Gasteiger partial charge is 0.322 e. The van der Waals surface area contributed by atoms with Gasteiger partial charge in [-0.05, 0) is 37.6 Å². The highest BCUT2D eigenvalue weighted by Gasteiger charge is 2.16. The van der Waals surface area contributed by atoms with E-state index >= 15 is 0 Å². The average Bonchev–Trinajstić information content (AvgIpc) is 3.11. The molecule has 0 aliphatic rings. The van der Waals surface area contributed by atoms with E-state index in [1.165, 1.54) is 0 Å². The molecular formula is C19H19N3O4S. The number of anilines is 1. The Morgan fingerprint density at radius 3 is 2.44 bits per heavy atom. The van der Waals surface area contributed by atoms with E-state index in [1.54, 1.807) is 30.3 Å². The van der Waals surface area contributed by atoms with E-state index in [0.29, 0.717) is 5.89 Å². The van der Waals surface area contributed by atoms with Crippen molar-refractivity contribution in [2.75, 3.05) is 11.1 Å². The number of amides is 1. The van der Waals surface area contributed by atoms with Crippen LogP contribution in [0.1, 0.15) is 18.4 Å². The summed E-state index contributed by atoms with van der Waals surface area (Å²) >= 11 is 0. The molecule has 1 aromatic heterocycles. The van der Waals surface area contributed by atoms with Gasteiger partial charge < -0.3 is 4.42 Å². The van der Waals surface area contributed by atoms with E-state index in [-0.39, 0.29) is 35.4 Å². The van der Waals surface area contributed by atoms with Crippen molar-refractivity contribution in [1.82, 2.24) is 10.2 Å². The zero-order valence-electron chi connectivity index (χ0n) is 14.8. The Bertz CT molecular complexity index is 1010. The zero-order valence-corrected chi connectivity index (χ0v) is 15.6. The second-order valence-electron chi connectivity index (χ2n) is 6.06. The molecule has 0 bridgehead atoms. The van der Waals surface area contributed by atoms with E-state index < -0.39 is 9.84 Å². The number of benzene rings is 2. The molecule has 0 fully saturated rings. The van der Waals surface area contributed by atoms with Crippen LogP contribution >= 0.6 is 0 Å². The standard InChI is InChI=1S/C19H19N3O4S/c1-14-9-11-15(12-10-14)18-21-22-19(26-18)20-17(23)8-5-13-27(24,25)16-6-3-2-4-7-16/h2-4,6-7,9-12H,5,8,13H2,1H3,(H,20,22,23). The minimum absolute atomic E-state index is 0.0125. The number of carbonyl (C=O) groups excluding carboxylic acids is 1. The summed E-state index contributed by atoms with van der Waals surface area (Å²) in [6.45, 7) is 1.97. The summed E-state index contributed by atoms with van der Waals surface area (Å²) in [6.07, 6.45) is 0.232. The second kappa shape index (κ2) is 8.13. The normalized spacial score (nSPS) is 11.3. The number of rotatable bonds is 7. The lowest BCUT2D eigenvalue weighted by Gasteiger charge is -2.04. The molecule has 0 radical (unpaired) electrons. The number of nitrogens with zero attached hydrogens (tertiary/aromatic N) is 2. The van der Waals surface area contributed by atoms with Crippen molar-refractivity contribution in [3.05, 3.63) is 60.2 Å². The summed E-state index contributed by atoms with van der Waals surface area (Å²) < 4.78 is 29.8. The van der Waals surface area contributed by atoms with Crippen LogP contribution in [-0.4, -0.2) is 30.3 Å². The third-order valence-corrected chi connectivity index (χ3v) is 5.71. The fourth-order valence-electron chi connectivity index (χ4n) is 2.44. The van der Waals surface area contributed by atoms with Gasteiger partial charge in [0.25, 0.3) is 0 Å². The predicted molar refractivity (Wildman–Crippen MR) is 101 cm³/mol. The van der Waals surface area contributed by atoms with Gasteiger partial charge in [0, 0.05) is 12.0 Å². The van der Waals surface area contributed by atoms with Crippen LogP contribution in [0.2, 0.25) is 0 Å². The largest absolute Gasteiger partial charge is 0.403 e. The molecule has 1 heterocycles. The Balaban J connectivity index is 1.52. The average molecular weight is 385 g/mol. The van der Waals surface area contributed by atoms with Crippen LogP contribution in [0.25, 0.3) is 11.5 Å². The lowest BCUT2D eigenvalue weighted by atomic mass is 10.1. The minimum atomic E-state index is -3.40. The van der Waals surface area contributed by atoms with Gasteiger partial charge in [-0.3, -0.25) is 10.1 Å². The van der Waals surface area contributed by atoms with Gasteiger partial charge in [-0.15, -0.1) is 5.10 Å². The van der Waals surface area contributed by atoms with Gasteiger partial charge in [0.05, 0.1) is 10.6 Å². The number of sulfone groups is 1. The van der Waals surface area contributed by atoms with E-state index in [4.69, 9.17) is 4.42 Å². The summed E-state index contributed by atoms with van der Waals surface area (Å²) in [5, 5.41) is 10.2. The Hall–Kier alpha value is -3.00. The van der Waals surface area contributed by atoms with Crippen LogP contribution < -0.4 is 5.32 Å². The summed E-state index contributed by atoms with van der Waals surface area (Å²) in [4.78, 5) is 12.2. The molecule has 1 N–H and O–H groups in total. The Labute approximate surface area is 157 Å². The summed E-state index contributed by atoms with van der Waals surface area (Å²) in [7, 11) is -3.40. The van der Waals surface area contributed by atoms with E-state index in [0.717, 1.165) is 11.1 Å². The van der Waals surface area contributed by atoms with Crippen molar-refractivity contribution < 1.29 is 17.6 Å². The van der Waals surface area contributed by atoms with Crippen LogP contribution in [0, 0.1) is 6.92 Å². The van der Waals surface area contributed by atoms with Gasteiger partial charge in [-0.25, -0.2) is 8.42 Å². The maximum atomic E-state index is 12.2. The highest BCUT2D eigenvalue weighted by molar-refractivity contribution is 7.91. The lowest BCUT2D eigenvalue weighted by molar-refractivity contribution is -0.116. The molecule has 0 aliphatic carbocycles. The van der Waals surface area contributed by atoms with Gasteiger partial charge in [0.15, 0.2) is 9.84 Å². The first-order valence-corrected chi connectivity index (χ1v) is 10.1. The third kappa shape index (κ3) is 5.01. The molecule has 0 unspecified atom stereocenters. The number of hydrogen-bond donors (Lipinski definition) is 1. The Morgan fingerprint density at radius 1 is 1.04 bits per heavy atom. The highest BCUT2D eigenvalue weighted by atomic mass is 32.2. The van der Waals surface area contributed by atoms with Crippen LogP contribution in [0.5, 0.6) is 0 Å². The first kappa shape index (κ1) is 18.8. The fraction of sp³-hybridized carbons (Fsp3) is 0.211. The third-order valence-electron chi connectivity index (χ3n) is 3.89. The number of hydrogen-bond acceptors (Lipinski definition) is 6. The van der Waals surface area contributed by atoms with E-state index in [2.05, 4.69) is 15.5 Å². The van der Waals surface area contributed by atoms with Crippen LogP contribution in [0.3, 0.4) is 0 Å². The van der Waals surface area contributed by atoms with Crippen LogP contribution in [0.15, 0.2) is 63.9 Å². The molecule has 0 saturated heterocycles. The quantitative estimate of drug-likeness (QED) is 0.670. The number of carbonyl (C=O) groups is 1. The first-order chi connectivity index (χ1) is 12.9. The Kier molecular flexibility index (Phi) is 5.66. The minimum Gasteiger partial charge on any atom is -0.403 e. The molecule has 7 nitrogen and oxygen atoms in total. The molecule has 140 valence electrons. The zero-order chi connectivity index (χ0) is 19.3. The molecule has 1 amide bonds. The van der Waals surface area contributed by atoms with Gasteiger partial charge in [0.2, 0.25) is 11.8 Å². The highest BCUT2D eigenvalue weighted by Crippen LogP contribution is 2.20. The van der Waals surface area contributed by atoms with Crippen LogP contribution in [0.4, 0.5) is 6.01 Å². The maximum absolute atomic E-state index is 12.2. The first-order valence-electron chi connectivity index (χ1n) is 8.42. The van der Waals surface area contributed by atoms with Crippen molar-refractivity contribution in [1.29, 1.82) is 0 Å². The van der Waals surface area contributed by atoms with Gasteiger partial charge >= 0.3 is 6.01 Å². The molecule has 3 aromatic rings. The summed E-state index contributed by atoms with van der Waals surface area (Å²) in [5.41, 5.74) is 1.86. The van der Waals surface area contributed by atoms with Crippen molar-refractivity contribution in [3.63, 3.8) is 0 Å². The molecule has 0 atom stereocenters. The topological polar surface area (TPSA) is 102 Å². The number of aryl methyl sites for hydroxylation is 1. The molecule has 2 aromatic carbocycles. The number of nitrogens with one attached hydrogen (secondary N) is 1. The van der Waals surface area contributed by atoms with Gasteiger partial charge in [0.1, 0.15) is 0 Å². The van der Waals surface area contributed by atoms with E-state index in [1.807, 2.05) is 31.2 Å². The SMILES string of the molecule is Cc1ccc(-c2nnc(NC(=O)CCCS(=O)(=O)c3ccccc3)o2)cc1. The lowest BCUT2D eigenvalue weighted by Crippen LogP contribution is -2.14. The van der Waals surface area contributed by atoms with Crippen molar-refractivity contribution in [3.8, 4) is 11.5 Å². The van der Waals surface area contributed by atoms with Crippen LogP contribution in [-0.2, 0) is 14.6 Å². The maximum Gasteiger partial charge on any atom is 0.322 e. The van der Waals surface area contributed by atoms with Crippen molar-refractivity contribution in [2.24, 2.45) is 0 Å². The van der Waals surface area contributed by atoms with Crippen molar-refractivity contribution >= 4 is 21.8 Å².